The molecule has 0 fully saturated rings. The predicted octanol–water partition coefficient (Wildman–Crippen LogP) is 2.88. The Morgan fingerprint density at radius 2 is 2.33 bits per heavy atom. The Hall–Kier alpha value is -0.850. The summed E-state index contributed by atoms with van der Waals surface area (Å²) in [7, 11) is 0. The first kappa shape index (κ1) is 9.24. The molecule has 1 aliphatic carbocycles. The van der Waals surface area contributed by atoms with Crippen LogP contribution in [-0.2, 0) is 4.79 Å². The lowest BCUT2D eigenvalue weighted by Gasteiger charge is -2.16. The molecule has 0 saturated carbocycles. The summed E-state index contributed by atoms with van der Waals surface area (Å²) in [4.78, 5) is 10.6. The second-order valence-electron chi connectivity index (χ2n) is 3.30. The summed E-state index contributed by atoms with van der Waals surface area (Å²) in [5, 5.41) is 0. The maximum absolute atomic E-state index is 10.6. The van der Waals surface area contributed by atoms with Crippen molar-refractivity contribution >= 4 is 6.29 Å². The molecule has 0 aromatic rings. The SMILES string of the molecule is CCC1=CC(CC)CC(C=O)=C1. The first-order valence-corrected chi connectivity index (χ1v) is 4.66. The normalized spacial score (nSPS) is 23.0. The third-order valence-electron chi connectivity index (χ3n) is 2.40. The van der Waals surface area contributed by atoms with Crippen molar-refractivity contribution in [3.05, 3.63) is 23.3 Å². The first-order chi connectivity index (χ1) is 5.80. The zero-order valence-electron chi connectivity index (χ0n) is 7.84. The molecule has 1 unspecified atom stereocenters. The molecule has 0 aliphatic heterocycles. The van der Waals surface area contributed by atoms with E-state index in [1.165, 1.54) is 5.57 Å². The van der Waals surface area contributed by atoms with Crippen molar-refractivity contribution in [2.45, 2.75) is 33.1 Å². The molecule has 0 aromatic heterocycles. The van der Waals surface area contributed by atoms with Crippen LogP contribution in [-0.4, -0.2) is 6.29 Å². The summed E-state index contributed by atoms with van der Waals surface area (Å²) in [5.74, 6) is 0.588. The minimum atomic E-state index is 0.588. The molecule has 1 rings (SSSR count). The van der Waals surface area contributed by atoms with Crippen LogP contribution >= 0.6 is 0 Å². The van der Waals surface area contributed by atoms with Crippen LogP contribution in [0.2, 0.25) is 0 Å². The first-order valence-electron chi connectivity index (χ1n) is 4.66. The lowest BCUT2D eigenvalue weighted by Crippen LogP contribution is -2.04. The van der Waals surface area contributed by atoms with Crippen LogP contribution in [0.15, 0.2) is 23.3 Å². The summed E-state index contributed by atoms with van der Waals surface area (Å²) in [6.07, 6.45) is 8.42. The summed E-state index contributed by atoms with van der Waals surface area (Å²) < 4.78 is 0. The van der Waals surface area contributed by atoms with Crippen molar-refractivity contribution in [2.75, 3.05) is 0 Å². The van der Waals surface area contributed by atoms with Crippen LogP contribution in [0.4, 0.5) is 0 Å². The molecular formula is C11H16O. The van der Waals surface area contributed by atoms with Gasteiger partial charge in [0.1, 0.15) is 6.29 Å². The average molecular weight is 164 g/mol. The molecule has 0 spiro atoms. The average Bonchev–Trinajstić information content (AvgIpc) is 2.16. The van der Waals surface area contributed by atoms with E-state index in [4.69, 9.17) is 0 Å². The van der Waals surface area contributed by atoms with Crippen LogP contribution in [0, 0.1) is 5.92 Å². The lowest BCUT2D eigenvalue weighted by molar-refractivity contribution is -0.105. The fraction of sp³-hybridized carbons (Fsp3) is 0.545. The summed E-state index contributed by atoms with van der Waals surface area (Å²) in [6, 6.07) is 0. The maximum Gasteiger partial charge on any atom is 0.146 e. The molecule has 12 heavy (non-hydrogen) atoms. The van der Waals surface area contributed by atoms with E-state index in [0.29, 0.717) is 5.92 Å². The van der Waals surface area contributed by atoms with Gasteiger partial charge in [0.25, 0.3) is 0 Å². The van der Waals surface area contributed by atoms with E-state index in [1.54, 1.807) is 0 Å². The highest BCUT2D eigenvalue weighted by Crippen LogP contribution is 2.25. The van der Waals surface area contributed by atoms with Crippen LogP contribution in [0.5, 0.6) is 0 Å². The van der Waals surface area contributed by atoms with Crippen molar-refractivity contribution in [2.24, 2.45) is 5.92 Å². The van der Waals surface area contributed by atoms with Gasteiger partial charge in [-0.15, -0.1) is 0 Å². The second kappa shape index (κ2) is 4.24. The number of aldehydes is 1. The van der Waals surface area contributed by atoms with Crippen LogP contribution in [0.3, 0.4) is 0 Å². The monoisotopic (exact) mass is 164 g/mol. The molecule has 0 radical (unpaired) electrons. The Balaban J connectivity index is 2.77. The molecule has 1 aliphatic rings. The van der Waals surface area contributed by atoms with Gasteiger partial charge in [-0.05, 0) is 30.8 Å². The third kappa shape index (κ3) is 2.07. The number of carbonyl (C=O) groups excluding carboxylic acids is 1. The molecule has 0 bridgehead atoms. The molecule has 1 atom stereocenters. The van der Waals surface area contributed by atoms with E-state index in [-0.39, 0.29) is 0 Å². The minimum Gasteiger partial charge on any atom is -0.298 e. The third-order valence-corrected chi connectivity index (χ3v) is 2.40. The number of hydrogen-bond acceptors (Lipinski definition) is 1. The summed E-state index contributed by atoms with van der Waals surface area (Å²) in [5.41, 5.74) is 2.27. The van der Waals surface area contributed by atoms with E-state index in [0.717, 1.165) is 31.1 Å². The molecule has 0 amide bonds. The molecule has 0 aromatic carbocycles. The minimum absolute atomic E-state index is 0.588. The van der Waals surface area contributed by atoms with Crippen molar-refractivity contribution < 1.29 is 4.79 Å². The number of carbonyl (C=O) groups is 1. The number of rotatable bonds is 3. The molecule has 1 heteroatoms. The molecular weight excluding hydrogens is 148 g/mol. The van der Waals surface area contributed by atoms with Gasteiger partial charge in [0.2, 0.25) is 0 Å². The van der Waals surface area contributed by atoms with Crippen LogP contribution in [0.25, 0.3) is 0 Å². The zero-order valence-corrected chi connectivity index (χ0v) is 7.84. The van der Waals surface area contributed by atoms with Gasteiger partial charge in [0.15, 0.2) is 0 Å². The molecule has 0 N–H and O–H groups in total. The van der Waals surface area contributed by atoms with E-state index < -0.39 is 0 Å². The van der Waals surface area contributed by atoms with Crippen LogP contribution < -0.4 is 0 Å². The zero-order chi connectivity index (χ0) is 8.97. The fourth-order valence-electron chi connectivity index (χ4n) is 1.57. The standard InChI is InChI=1S/C11H16O/c1-3-9-5-10(4-2)7-11(6-9)8-12/h5-6,8,10H,3-4,7H2,1-2H3. The van der Waals surface area contributed by atoms with Crippen molar-refractivity contribution in [1.29, 1.82) is 0 Å². The highest BCUT2D eigenvalue weighted by Gasteiger charge is 2.11. The van der Waals surface area contributed by atoms with Crippen molar-refractivity contribution in [1.82, 2.24) is 0 Å². The molecule has 0 heterocycles. The predicted molar refractivity (Wildman–Crippen MR) is 50.9 cm³/mol. The highest BCUT2D eigenvalue weighted by atomic mass is 16.1. The van der Waals surface area contributed by atoms with Crippen molar-refractivity contribution in [3.63, 3.8) is 0 Å². The van der Waals surface area contributed by atoms with E-state index in [1.807, 2.05) is 6.08 Å². The van der Waals surface area contributed by atoms with Gasteiger partial charge >= 0.3 is 0 Å². The summed E-state index contributed by atoms with van der Waals surface area (Å²) in [6.45, 7) is 4.30. The van der Waals surface area contributed by atoms with E-state index in [2.05, 4.69) is 19.9 Å². The molecule has 66 valence electrons. The quantitative estimate of drug-likeness (QED) is 0.586. The highest BCUT2D eigenvalue weighted by molar-refractivity contribution is 5.75. The van der Waals surface area contributed by atoms with Gasteiger partial charge in [0, 0.05) is 0 Å². The second-order valence-corrected chi connectivity index (χ2v) is 3.30. The Morgan fingerprint density at radius 1 is 1.58 bits per heavy atom. The van der Waals surface area contributed by atoms with E-state index >= 15 is 0 Å². The lowest BCUT2D eigenvalue weighted by atomic mass is 9.88. The van der Waals surface area contributed by atoms with Gasteiger partial charge in [-0.25, -0.2) is 0 Å². The number of allylic oxidation sites excluding steroid dienone is 4. The van der Waals surface area contributed by atoms with E-state index in [9.17, 15) is 4.79 Å². The smallest absolute Gasteiger partial charge is 0.146 e. The Bertz CT molecular complexity index is 223. The Morgan fingerprint density at radius 3 is 2.83 bits per heavy atom. The van der Waals surface area contributed by atoms with Gasteiger partial charge in [-0.3, -0.25) is 4.79 Å². The van der Waals surface area contributed by atoms with Gasteiger partial charge in [-0.2, -0.15) is 0 Å². The summed E-state index contributed by atoms with van der Waals surface area (Å²) >= 11 is 0. The number of hydrogen-bond donors (Lipinski definition) is 0. The Labute approximate surface area is 74.2 Å². The largest absolute Gasteiger partial charge is 0.298 e. The topological polar surface area (TPSA) is 17.1 Å². The fourth-order valence-corrected chi connectivity index (χ4v) is 1.57. The Kier molecular flexibility index (Phi) is 3.27. The molecule has 1 nitrogen and oxygen atoms in total. The van der Waals surface area contributed by atoms with Gasteiger partial charge in [-0.1, -0.05) is 31.6 Å². The van der Waals surface area contributed by atoms with Crippen molar-refractivity contribution in [3.8, 4) is 0 Å². The van der Waals surface area contributed by atoms with Gasteiger partial charge < -0.3 is 0 Å². The maximum atomic E-state index is 10.6. The molecule has 0 saturated heterocycles. The van der Waals surface area contributed by atoms with Crippen LogP contribution in [0.1, 0.15) is 33.1 Å². The van der Waals surface area contributed by atoms with Gasteiger partial charge in [0.05, 0.1) is 0 Å².